The van der Waals surface area contributed by atoms with E-state index in [4.69, 9.17) is 5.11 Å². The van der Waals surface area contributed by atoms with Crippen LogP contribution in [-0.4, -0.2) is 16.1 Å². The first-order valence-corrected chi connectivity index (χ1v) is 5.88. The number of benzene rings is 1. The summed E-state index contributed by atoms with van der Waals surface area (Å²) in [4.78, 5) is 14.5. The molecule has 2 rings (SSSR count). The third-order valence-electron chi connectivity index (χ3n) is 2.66. The molecule has 0 saturated heterocycles. The van der Waals surface area contributed by atoms with Crippen molar-refractivity contribution in [3.8, 4) is 0 Å². The fourth-order valence-corrected chi connectivity index (χ4v) is 1.80. The van der Waals surface area contributed by atoms with Gasteiger partial charge >= 0.3 is 5.97 Å². The second-order valence-electron chi connectivity index (χ2n) is 3.96. The quantitative estimate of drug-likeness (QED) is 0.804. The number of hydrogen-bond donors (Lipinski definition) is 2. The molecule has 0 fully saturated rings. The topological polar surface area (TPSA) is 62.2 Å². The van der Waals surface area contributed by atoms with Crippen LogP contribution in [-0.2, 0) is 4.79 Å². The van der Waals surface area contributed by atoms with Crippen LogP contribution in [0.4, 0.5) is 0 Å². The third-order valence-corrected chi connectivity index (χ3v) is 2.66. The number of rotatable bonds is 5. The Kier molecular flexibility index (Phi) is 4.29. The van der Waals surface area contributed by atoms with E-state index in [1.165, 1.54) is 6.20 Å². The molecule has 0 amide bonds. The summed E-state index contributed by atoms with van der Waals surface area (Å²) in [5.74, 6) is -0.978. The van der Waals surface area contributed by atoms with Crippen molar-refractivity contribution in [2.75, 3.05) is 0 Å². The summed E-state index contributed by atoms with van der Waals surface area (Å²) in [6, 6.07) is 13.5. The summed E-state index contributed by atoms with van der Waals surface area (Å²) in [6.45, 7) is 0. The van der Waals surface area contributed by atoms with Gasteiger partial charge in [0.25, 0.3) is 0 Å². The number of aromatic nitrogens is 1. The van der Waals surface area contributed by atoms with Crippen molar-refractivity contribution in [2.24, 2.45) is 0 Å². The number of nitrogens with one attached hydrogen (secondary N) is 1. The molecule has 4 nitrogen and oxygen atoms in total. The van der Waals surface area contributed by atoms with Crippen molar-refractivity contribution in [2.45, 2.75) is 6.04 Å². The molecule has 1 heterocycles. The van der Waals surface area contributed by atoms with E-state index in [0.29, 0.717) is 0 Å². The Morgan fingerprint density at radius 3 is 2.37 bits per heavy atom. The van der Waals surface area contributed by atoms with Gasteiger partial charge in [0.15, 0.2) is 0 Å². The Balaban J connectivity index is 2.26. The van der Waals surface area contributed by atoms with Crippen LogP contribution < -0.4 is 5.32 Å². The normalized spacial score (nSPS) is 12.2. The molecule has 0 aliphatic carbocycles. The molecule has 0 aliphatic rings. The number of nitrogens with zero attached hydrogens (tertiary/aromatic N) is 1. The predicted octanol–water partition coefficient (Wildman–Crippen LogP) is 2.36. The largest absolute Gasteiger partial charge is 0.478 e. The molecule has 0 saturated carbocycles. The first-order valence-electron chi connectivity index (χ1n) is 5.88. The van der Waals surface area contributed by atoms with E-state index >= 15 is 0 Å². The highest BCUT2D eigenvalue weighted by atomic mass is 16.4. The highest BCUT2D eigenvalue weighted by molar-refractivity contribution is 5.79. The van der Waals surface area contributed by atoms with E-state index in [9.17, 15) is 4.79 Å². The molecule has 1 aromatic heterocycles. The molecule has 2 aromatic rings. The van der Waals surface area contributed by atoms with E-state index < -0.39 is 5.97 Å². The Hall–Kier alpha value is -2.62. The van der Waals surface area contributed by atoms with Gasteiger partial charge in [-0.2, -0.15) is 0 Å². The minimum absolute atomic E-state index is 0.0974. The fraction of sp³-hybridized carbons (Fsp3) is 0.0667. The fourth-order valence-electron chi connectivity index (χ4n) is 1.80. The second kappa shape index (κ2) is 6.35. The summed E-state index contributed by atoms with van der Waals surface area (Å²) in [6.07, 6.45) is 5.96. The first kappa shape index (κ1) is 12.8. The first-order chi connectivity index (χ1) is 9.27. The van der Waals surface area contributed by atoms with Gasteiger partial charge in [-0.3, -0.25) is 4.98 Å². The van der Waals surface area contributed by atoms with Crippen molar-refractivity contribution in [3.05, 3.63) is 78.3 Å². The van der Waals surface area contributed by atoms with E-state index in [0.717, 1.165) is 17.2 Å². The standard InChI is InChI=1S/C15H14N2O2/c18-14(19)8-11-17-15(12-4-2-1-3-5-12)13-6-9-16-10-7-13/h1-11,15,17H,(H,18,19)/b11-8+. The lowest BCUT2D eigenvalue weighted by molar-refractivity contribution is -0.131. The molecule has 0 bridgehead atoms. The van der Waals surface area contributed by atoms with Crippen molar-refractivity contribution in [1.29, 1.82) is 0 Å². The van der Waals surface area contributed by atoms with Gasteiger partial charge in [0, 0.05) is 24.7 Å². The zero-order chi connectivity index (χ0) is 13.5. The maximum absolute atomic E-state index is 10.5. The van der Waals surface area contributed by atoms with Crippen LogP contribution in [0.3, 0.4) is 0 Å². The molecule has 1 unspecified atom stereocenters. The highest BCUT2D eigenvalue weighted by Gasteiger charge is 2.11. The van der Waals surface area contributed by atoms with Crippen molar-refractivity contribution in [1.82, 2.24) is 10.3 Å². The van der Waals surface area contributed by atoms with E-state index in [2.05, 4.69) is 10.3 Å². The lowest BCUT2D eigenvalue weighted by Crippen LogP contribution is -2.17. The summed E-state index contributed by atoms with van der Waals surface area (Å²) < 4.78 is 0. The van der Waals surface area contributed by atoms with Gasteiger partial charge in [-0.25, -0.2) is 4.79 Å². The van der Waals surface area contributed by atoms with Crippen LogP contribution in [0, 0.1) is 0 Å². The van der Waals surface area contributed by atoms with Crippen LogP contribution in [0.1, 0.15) is 17.2 Å². The number of carboxylic acid groups (broad SMARTS) is 1. The molecule has 4 heteroatoms. The zero-order valence-electron chi connectivity index (χ0n) is 10.2. The van der Waals surface area contributed by atoms with Gasteiger partial charge in [-0.15, -0.1) is 0 Å². The van der Waals surface area contributed by atoms with Crippen LogP contribution in [0.25, 0.3) is 0 Å². The monoisotopic (exact) mass is 254 g/mol. The average Bonchev–Trinajstić information content (AvgIpc) is 2.45. The molecule has 0 radical (unpaired) electrons. The van der Waals surface area contributed by atoms with Crippen LogP contribution >= 0.6 is 0 Å². The summed E-state index contributed by atoms with van der Waals surface area (Å²) in [5, 5.41) is 11.7. The molecule has 0 spiro atoms. The number of aliphatic carboxylic acids is 1. The van der Waals surface area contributed by atoms with E-state index in [-0.39, 0.29) is 6.04 Å². The smallest absolute Gasteiger partial charge is 0.329 e. The summed E-state index contributed by atoms with van der Waals surface area (Å²) in [7, 11) is 0. The minimum Gasteiger partial charge on any atom is -0.478 e. The molecular weight excluding hydrogens is 240 g/mol. The van der Waals surface area contributed by atoms with Gasteiger partial charge in [-0.05, 0) is 23.3 Å². The highest BCUT2D eigenvalue weighted by Crippen LogP contribution is 2.21. The number of pyridine rings is 1. The van der Waals surface area contributed by atoms with Crippen molar-refractivity contribution < 1.29 is 9.90 Å². The summed E-state index contributed by atoms with van der Waals surface area (Å²) >= 11 is 0. The Morgan fingerprint density at radius 2 is 1.74 bits per heavy atom. The van der Waals surface area contributed by atoms with Gasteiger partial charge < -0.3 is 10.4 Å². The lowest BCUT2D eigenvalue weighted by atomic mass is 10.00. The van der Waals surface area contributed by atoms with E-state index in [1.807, 2.05) is 42.5 Å². The molecule has 2 N–H and O–H groups in total. The molecule has 1 atom stereocenters. The zero-order valence-corrected chi connectivity index (χ0v) is 10.2. The maximum atomic E-state index is 10.5. The molecule has 1 aromatic carbocycles. The number of hydrogen-bond acceptors (Lipinski definition) is 3. The second-order valence-corrected chi connectivity index (χ2v) is 3.96. The van der Waals surface area contributed by atoms with Gasteiger partial charge in [0.05, 0.1) is 6.04 Å². The molecular formula is C15H14N2O2. The van der Waals surface area contributed by atoms with Crippen LogP contribution in [0.2, 0.25) is 0 Å². The minimum atomic E-state index is -0.978. The SMILES string of the molecule is O=C(O)/C=C/NC(c1ccccc1)c1ccncc1. The predicted molar refractivity (Wildman–Crippen MR) is 72.4 cm³/mol. The van der Waals surface area contributed by atoms with Crippen LogP contribution in [0.15, 0.2) is 67.1 Å². The lowest BCUT2D eigenvalue weighted by Gasteiger charge is -2.18. The van der Waals surface area contributed by atoms with Crippen molar-refractivity contribution >= 4 is 5.97 Å². The Labute approximate surface area is 111 Å². The molecule has 19 heavy (non-hydrogen) atoms. The van der Waals surface area contributed by atoms with Gasteiger partial charge in [-0.1, -0.05) is 30.3 Å². The van der Waals surface area contributed by atoms with Crippen molar-refractivity contribution in [3.63, 3.8) is 0 Å². The number of carboxylic acids is 1. The third kappa shape index (κ3) is 3.67. The van der Waals surface area contributed by atoms with Gasteiger partial charge in [0.1, 0.15) is 0 Å². The van der Waals surface area contributed by atoms with Crippen LogP contribution in [0.5, 0.6) is 0 Å². The molecule has 96 valence electrons. The van der Waals surface area contributed by atoms with Gasteiger partial charge in [0.2, 0.25) is 0 Å². The molecule has 0 aliphatic heterocycles. The average molecular weight is 254 g/mol. The summed E-state index contributed by atoms with van der Waals surface area (Å²) in [5.41, 5.74) is 2.08. The Morgan fingerprint density at radius 1 is 1.11 bits per heavy atom. The Bertz CT molecular complexity index is 513. The van der Waals surface area contributed by atoms with E-state index in [1.54, 1.807) is 12.4 Å². The maximum Gasteiger partial charge on any atom is 0.329 e. The number of carbonyl (C=O) groups is 1.